The van der Waals surface area contributed by atoms with Crippen LogP contribution in [-0.4, -0.2) is 5.91 Å². The Morgan fingerprint density at radius 3 is 2.45 bits per heavy atom. The number of nitrogen functional groups attached to an aromatic ring is 1. The van der Waals surface area contributed by atoms with E-state index in [4.69, 9.17) is 5.73 Å². The molecule has 0 unspecified atom stereocenters. The second kappa shape index (κ2) is 5.28. The van der Waals surface area contributed by atoms with Crippen molar-refractivity contribution in [2.75, 3.05) is 11.1 Å². The molecule has 0 saturated heterocycles. The second-order valence-corrected chi connectivity index (χ2v) is 4.55. The summed E-state index contributed by atoms with van der Waals surface area (Å²) in [7, 11) is 0. The van der Waals surface area contributed by atoms with Gasteiger partial charge in [-0.3, -0.25) is 4.79 Å². The van der Waals surface area contributed by atoms with Gasteiger partial charge in [0.2, 0.25) is 0 Å². The highest BCUT2D eigenvalue weighted by atomic mass is 19.1. The van der Waals surface area contributed by atoms with Crippen molar-refractivity contribution in [3.63, 3.8) is 0 Å². The normalized spacial score (nSPS) is 10.4. The Hall–Kier alpha value is -2.43. The number of carbonyl (C=O) groups is 1. The second-order valence-electron chi connectivity index (χ2n) is 4.55. The molecule has 0 spiro atoms. The van der Waals surface area contributed by atoms with Crippen LogP contribution in [0.15, 0.2) is 30.3 Å². The molecule has 2 rings (SSSR count). The van der Waals surface area contributed by atoms with Crippen molar-refractivity contribution in [3.8, 4) is 0 Å². The molecule has 0 heterocycles. The first-order valence-corrected chi connectivity index (χ1v) is 6.03. The number of rotatable bonds is 2. The molecular formula is C15H14F2N2O. The smallest absolute Gasteiger partial charge is 0.258 e. The maximum Gasteiger partial charge on any atom is 0.258 e. The zero-order valence-corrected chi connectivity index (χ0v) is 11.1. The Morgan fingerprint density at radius 1 is 1.10 bits per heavy atom. The van der Waals surface area contributed by atoms with Crippen LogP contribution >= 0.6 is 0 Å². The fourth-order valence-corrected chi connectivity index (χ4v) is 1.95. The number of aryl methyl sites for hydroxylation is 2. The monoisotopic (exact) mass is 276 g/mol. The van der Waals surface area contributed by atoms with Gasteiger partial charge in [0.25, 0.3) is 5.91 Å². The van der Waals surface area contributed by atoms with Gasteiger partial charge >= 0.3 is 0 Å². The number of benzene rings is 2. The van der Waals surface area contributed by atoms with Gasteiger partial charge in [0.1, 0.15) is 11.5 Å². The predicted molar refractivity (Wildman–Crippen MR) is 74.6 cm³/mol. The van der Waals surface area contributed by atoms with Crippen LogP contribution in [0.4, 0.5) is 20.2 Å². The molecule has 0 aromatic heterocycles. The Balaban J connectivity index is 2.41. The lowest BCUT2D eigenvalue weighted by atomic mass is 10.1. The summed E-state index contributed by atoms with van der Waals surface area (Å²) < 4.78 is 27.5. The Morgan fingerprint density at radius 2 is 1.80 bits per heavy atom. The highest BCUT2D eigenvalue weighted by molar-refractivity contribution is 6.08. The van der Waals surface area contributed by atoms with Crippen LogP contribution in [0.25, 0.3) is 0 Å². The molecule has 0 aliphatic heterocycles. The first kappa shape index (κ1) is 14.0. The molecule has 0 aliphatic rings. The van der Waals surface area contributed by atoms with Crippen LogP contribution < -0.4 is 11.1 Å². The molecule has 2 aromatic carbocycles. The van der Waals surface area contributed by atoms with Crippen LogP contribution in [0.5, 0.6) is 0 Å². The van der Waals surface area contributed by atoms with Gasteiger partial charge < -0.3 is 11.1 Å². The van der Waals surface area contributed by atoms with E-state index in [2.05, 4.69) is 5.32 Å². The number of carbonyl (C=O) groups excluding carboxylic acids is 1. The molecule has 5 heteroatoms. The van der Waals surface area contributed by atoms with Crippen LogP contribution in [0.2, 0.25) is 0 Å². The predicted octanol–water partition coefficient (Wildman–Crippen LogP) is 3.42. The summed E-state index contributed by atoms with van der Waals surface area (Å²) in [6.45, 7) is 3.20. The number of amides is 1. The standard InChI is InChI=1S/C15H14F2N2O/c1-8-4-3-5-11(18)12(8)15(20)19-14-10(16)7-6-9(2)13(14)17/h3-7H,18H2,1-2H3,(H,19,20). The molecule has 0 atom stereocenters. The van der Waals surface area contributed by atoms with Crippen LogP contribution in [0.1, 0.15) is 21.5 Å². The highest BCUT2D eigenvalue weighted by Gasteiger charge is 2.18. The van der Waals surface area contributed by atoms with Crippen LogP contribution in [0, 0.1) is 25.5 Å². The van der Waals surface area contributed by atoms with E-state index in [9.17, 15) is 13.6 Å². The maximum absolute atomic E-state index is 13.9. The minimum Gasteiger partial charge on any atom is -0.398 e. The zero-order valence-electron chi connectivity index (χ0n) is 11.1. The van der Waals surface area contributed by atoms with Gasteiger partial charge in [-0.2, -0.15) is 0 Å². The number of nitrogens with two attached hydrogens (primary N) is 1. The average molecular weight is 276 g/mol. The Bertz CT molecular complexity index is 664. The quantitative estimate of drug-likeness (QED) is 0.826. The van der Waals surface area contributed by atoms with E-state index in [1.807, 2.05) is 0 Å². The van der Waals surface area contributed by atoms with Crippen molar-refractivity contribution >= 4 is 17.3 Å². The molecule has 0 saturated carbocycles. The van der Waals surface area contributed by atoms with Gasteiger partial charge in [0.15, 0.2) is 5.82 Å². The third-order valence-corrected chi connectivity index (χ3v) is 3.05. The molecule has 0 radical (unpaired) electrons. The van der Waals surface area contributed by atoms with E-state index in [-0.39, 0.29) is 16.8 Å². The Kier molecular flexibility index (Phi) is 3.70. The molecule has 0 fully saturated rings. The van der Waals surface area contributed by atoms with Crippen molar-refractivity contribution in [1.29, 1.82) is 0 Å². The zero-order chi connectivity index (χ0) is 14.9. The lowest BCUT2D eigenvalue weighted by Gasteiger charge is -2.12. The fraction of sp³-hybridized carbons (Fsp3) is 0.133. The minimum absolute atomic E-state index is 0.216. The maximum atomic E-state index is 13.9. The molecular weight excluding hydrogens is 262 g/mol. The van der Waals surface area contributed by atoms with Gasteiger partial charge in [-0.15, -0.1) is 0 Å². The highest BCUT2D eigenvalue weighted by Crippen LogP contribution is 2.24. The topological polar surface area (TPSA) is 55.1 Å². The van der Waals surface area contributed by atoms with E-state index >= 15 is 0 Å². The largest absolute Gasteiger partial charge is 0.398 e. The molecule has 0 bridgehead atoms. The summed E-state index contributed by atoms with van der Waals surface area (Å²) in [4.78, 5) is 12.1. The van der Waals surface area contributed by atoms with Gasteiger partial charge in [-0.05, 0) is 37.1 Å². The van der Waals surface area contributed by atoms with Crippen molar-refractivity contribution in [2.24, 2.45) is 0 Å². The third kappa shape index (κ3) is 2.47. The van der Waals surface area contributed by atoms with Crippen molar-refractivity contribution in [1.82, 2.24) is 0 Å². The molecule has 0 aliphatic carbocycles. The van der Waals surface area contributed by atoms with Crippen molar-refractivity contribution in [2.45, 2.75) is 13.8 Å². The number of halogens is 2. The van der Waals surface area contributed by atoms with E-state index in [1.165, 1.54) is 13.0 Å². The molecule has 1 amide bonds. The van der Waals surface area contributed by atoms with Gasteiger partial charge in [-0.1, -0.05) is 18.2 Å². The number of anilines is 2. The fourth-order valence-electron chi connectivity index (χ4n) is 1.95. The van der Waals surface area contributed by atoms with E-state index < -0.39 is 23.2 Å². The molecule has 3 nitrogen and oxygen atoms in total. The molecule has 3 N–H and O–H groups in total. The van der Waals surface area contributed by atoms with E-state index in [1.54, 1.807) is 25.1 Å². The Labute approximate surface area is 115 Å². The van der Waals surface area contributed by atoms with E-state index in [0.717, 1.165) is 6.07 Å². The number of hydrogen-bond acceptors (Lipinski definition) is 2. The van der Waals surface area contributed by atoms with Crippen LogP contribution in [0.3, 0.4) is 0 Å². The van der Waals surface area contributed by atoms with Crippen molar-refractivity contribution in [3.05, 3.63) is 58.7 Å². The lowest BCUT2D eigenvalue weighted by Crippen LogP contribution is -2.17. The first-order chi connectivity index (χ1) is 9.41. The summed E-state index contributed by atoms with van der Waals surface area (Å²) in [5.74, 6) is -2.25. The summed E-state index contributed by atoms with van der Waals surface area (Å²) >= 11 is 0. The van der Waals surface area contributed by atoms with Gasteiger partial charge in [-0.25, -0.2) is 8.78 Å². The lowest BCUT2D eigenvalue weighted by molar-refractivity contribution is 0.102. The first-order valence-electron chi connectivity index (χ1n) is 6.03. The van der Waals surface area contributed by atoms with Gasteiger partial charge in [0.05, 0.1) is 5.56 Å². The van der Waals surface area contributed by atoms with Gasteiger partial charge in [0, 0.05) is 5.69 Å². The summed E-state index contributed by atoms with van der Waals surface area (Å²) in [5.41, 5.74) is 6.63. The summed E-state index contributed by atoms with van der Waals surface area (Å²) in [6.07, 6.45) is 0. The minimum atomic E-state index is -0.825. The third-order valence-electron chi connectivity index (χ3n) is 3.05. The SMILES string of the molecule is Cc1ccc(F)c(NC(=O)c2c(C)cccc2N)c1F. The number of nitrogens with one attached hydrogen (secondary N) is 1. The molecule has 2 aromatic rings. The van der Waals surface area contributed by atoms with Crippen LogP contribution in [-0.2, 0) is 0 Å². The summed E-state index contributed by atoms with van der Waals surface area (Å²) in [5, 5.41) is 2.25. The summed E-state index contributed by atoms with van der Waals surface area (Å²) in [6, 6.07) is 7.38. The number of hydrogen-bond donors (Lipinski definition) is 2. The molecule has 104 valence electrons. The van der Waals surface area contributed by atoms with E-state index in [0.29, 0.717) is 5.56 Å². The molecule has 20 heavy (non-hydrogen) atoms. The average Bonchev–Trinajstić information content (AvgIpc) is 2.39. The van der Waals surface area contributed by atoms with Crippen molar-refractivity contribution < 1.29 is 13.6 Å².